The average Bonchev–Trinajstić information content (AvgIpc) is 3.10. The molecule has 8 heteroatoms. The molecule has 2 aromatic heterocycles. The summed E-state index contributed by atoms with van der Waals surface area (Å²) in [6.07, 6.45) is 1.75. The summed E-state index contributed by atoms with van der Waals surface area (Å²) in [6, 6.07) is 5.61. The third-order valence-corrected chi connectivity index (χ3v) is 4.64. The Morgan fingerprint density at radius 2 is 2.17 bits per heavy atom. The lowest BCUT2D eigenvalue weighted by Gasteiger charge is -2.06. The molecule has 0 radical (unpaired) electrons. The lowest BCUT2D eigenvalue weighted by atomic mass is 10.2. The van der Waals surface area contributed by atoms with Crippen LogP contribution in [-0.4, -0.2) is 21.8 Å². The van der Waals surface area contributed by atoms with Gasteiger partial charge in [-0.1, -0.05) is 15.9 Å². The number of carbonyl (C=O) groups excluding carboxylic acids is 2. The molecule has 0 aliphatic rings. The van der Waals surface area contributed by atoms with Gasteiger partial charge in [0, 0.05) is 32.6 Å². The van der Waals surface area contributed by atoms with E-state index in [0.29, 0.717) is 10.6 Å². The van der Waals surface area contributed by atoms with Crippen molar-refractivity contribution in [2.45, 2.75) is 13.3 Å². The Balaban J connectivity index is 1.64. The first-order valence-electron chi connectivity index (χ1n) is 6.80. The van der Waals surface area contributed by atoms with Crippen LogP contribution in [-0.2, 0) is 11.2 Å². The summed E-state index contributed by atoms with van der Waals surface area (Å²) in [7, 11) is 0. The molecule has 118 valence electrons. The number of amides is 2. The third kappa shape index (κ3) is 3.59. The van der Waals surface area contributed by atoms with Gasteiger partial charge in [-0.05, 0) is 25.1 Å². The van der Waals surface area contributed by atoms with Crippen LogP contribution >= 0.6 is 27.3 Å². The van der Waals surface area contributed by atoms with Crippen LogP contribution < -0.4 is 10.9 Å². The minimum atomic E-state index is -0.377. The van der Waals surface area contributed by atoms with Crippen molar-refractivity contribution in [2.24, 2.45) is 0 Å². The van der Waals surface area contributed by atoms with Crippen LogP contribution in [0.4, 0.5) is 0 Å². The van der Waals surface area contributed by atoms with Crippen LogP contribution in [0.3, 0.4) is 0 Å². The number of aryl methyl sites for hydroxylation is 1. The standard InChI is InChI=1S/C15H13BrN4O2S/c1-8-7-23-14(18-8)5-13(21)19-20-15(22)11-6-17-12-3-2-9(16)4-10(11)12/h2-4,6-7,17H,5H2,1H3,(H,19,21)(H,20,22). The topological polar surface area (TPSA) is 86.9 Å². The van der Waals surface area contributed by atoms with Crippen LogP contribution in [0.15, 0.2) is 34.2 Å². The van der Waals surface area contributed by atoms with Crippen molar-refractivity contribution in [1.82, 2.24) is 20.8 Å². The first-order valence-corrected chi connectivity index (χ1v) is 8.47. The van der Waals surface area contributed by atoms with Crippen molar-refractivity contribution in [3.63, 3.8) is 0 Å². The molecule has 0 saturated carbocycles. The molecule has 3 N–H and O–H groups in total. The van der Waals surface area contributed by atoms with Crippen LogP contribution in [0.1, 0.15) is 21.1 Å². The van der Waals surface area contributed by atoms with E-state index in [2.05, 4.69) is 36.7 Å². The molecule has 0 fully saturated rings. The van der Waals surface area contributed by atoms with Crippen molar-refractivity contribution >= 4 is 50.0 Å². The fourth-order valence-corrected chi connectivity index (χ4v) is 3.27. The van der Waals surface area contributed by atoms with E-state index in [9.17, 15) is 9.59 Å². The van der Waals surface area contributed by atoms with Crippen molar-refractivity contribution in [2.75, 3.05) is 0 Å². The smallest absolute Gasteiger partial charge is 0.271 e. The minimum Gasteiger partial charge on any atom is -0.360 e. The number of carbonyl (C=O) groups is 2. The number of hydrogen-bond donors (Lipinski definition) is 3. The Morgan fingerprint density at radius 1 is 1.35 bits per heavy atom. The second kappa shape index (κ2) is 6.51. The van der Waals surface area contributed by atoms with E-state index < -0.39 is 0 Å². The summed E-state index contributed by atoms with van der Waals surface area (Å²) in [6.45, 7) is 1.87. The summed E-state index contributed by atoms with van der Waals surface area (Å²) in [5.41, 5.74) is 7.03. The predicted octanol–water partition coefficient (Wildman–Crippen LogP) is 2.70. The maximum Gasteiger partial charge on any atom is 0.271 e. The summed E-state index contributed by atoms with van der Waals surface area (Å²) in [5.74, 6) is -0.688. The average molecular weight is 393 g/mol. The fraction of sp³-hybridized carbons (Fsp3) is 0.133. The summed E-state index contributed by atoms with van der Waals surface area (Å²) in [4.78, 5) is 31.3. The number of aromatic amines is 1. The monoisotopic (exact) mass is 392 g/mol. The fourth-order valence-electron chi connectivity index (χ4n) is 2.14. The number of aromatic nitrogens is 2. The van der Waals surface area contributed by atoms with Crippen LogP contribution in [0.25, 0.3) is 10.9 Å². The lowest BCUT2D eigenvalue weighted by molar-refractivity contribution is -0.121. The van der Waals surface area contributed by atoms with E-state index in [1.807, 2.05) is 30.5 Å². The highest BCUT2D eigenvalue weighted by Gasteiger charge is 2.13. The Labute approximate surface area is 144 Å². The SMILES string of the molecule is Cc1csc(CC(=O)NNC(=O)c2c[nH]c3ccc(Br)cc23)n1. The van der Waals surface area contributed by atoms with Gasteiger partial charge in [-0.25, -0.2) is 4.98 Å². The van der Waals surface area contributed by atoms with Crippen LogP contribution in [0.2, 0.25) is 0 Å². The number of nitrogens with one attached hydrogen (secondary N) is 3. The number of benzene rings is 1. The Kier molecular flexibility index (Phi) is 4.44. The second-order valence-corrected chi connectivity index (χ2v) is 6.81. The van der Waals surface area contributed by atoms with Crippen molar-refractivity contribution in [3.05, 3.63) is 50.5 Å². The number of H-pyrrole nitrogens is 1. The quantitative estimate of drug-likeness (QED) is 0.598. The summed E-state index contributed by atoms with van der Waals surface area (Å²) < 4.78 is 0.877. The Hall–Kier alpha value is -2.19. The van der Waals surface area contributed by atoms with Gasteiger partial charge in [0.1, 0.15) is 5.01 Å². The number of hydrazine groups is 1. The van der Waals surface area contributed by atoms with Gasteiger partial charge in [-0.3, -0.25) is 20.4 Å². The zero-order valence-corrected chi connectivity index (χ0v) is 14.5. The number of thiazole rings is 1. The molecule has 0 unspecified atom stereocenters. The highest BCUT2D eigenvalue weighted by molar-refractivity contribution is 9.10. The molecule has 0 spiro atoms. The number of hydrogen-bond acceptors (Lipinski definition) is 4. The van der Waals surface area contributed by atoms with Crippen molar-refractivity contribution < 1.29 is 9.59 Å². The molecular formula is C15H13BrN4O2S. The van der Waals surface area contributed by atoms with Crippen LogP contribution in [0.5, 0.6) is 0 Å². The molecule has 0 aliphatic carbocycles. The zero-order valence-electron chi connectivity index (χ0n) is 12.1. The summed E-state index contributed by atoms with van der Waals surface area (Å²) in [5, 5.41) is 3.37. The molecule has 23 heavy (non-hydrogen) atoms. The normalized spacial score (nSPS) is 10.7. The van der Waals surface area contributed by atoms with Crippen molar-refractivity contribution in [3.8, 4) is 0 Å². The molecule has 1 aromatic carbocycles. The second-order valence-electron chi connectivity index (χ2n) is 4.95. The van der Waals surface area contributed by atoms with Crippen molar-refractivity contribution in [1.29, 1.82) is 0 Å². The number of rotatable bonds is 3. The van der Waals surface area contributed by atoms with E-state index >= 15 is 0 Å². The predicted molar refractivity (Wildman–Crippen MR) is 92.2 cm³/mol. The van der Waals surface area contributed by atoms with Crippen LogP contribution in [0, 0.1) is 6.92 Å². The molecule has 0 atom stereocenters. The molecule has 0 aliphatic heterocycles. The van der Waals surface area contributed by atoms with E-state index in [1.165, 1.54) is 11.3 Å². The van der Waals surface area contributed by atoms with E-state index in [1.54, 1.807) is 6.20 Å². The molecule has 6 nitrogen and oxygen atoms in total. The van der Waals surface area contributed by atoms with Gasteiger partial charge in [0.05, 0.1) is 12.0 Å². The molecule has 0 bridgehead atoms. The van der Waals surface area contributed by atoms with E-state index in [-0.39, 0.29) is 18.2 Å². The molecular weight excluding hydrogens is 380 g/mol. The lowest BCUT2D eigenvalue weighted by Crippen LogP contribution is -2.42. The first kappa shape index (κ1) is 15.7. The zero-order chi connectivity index (χ0) is 16.4. The van der Waals surface area contributed by atoms with Gasteiger partial charge in [0.2, 0.25) is 5.91 Å². The van der Waals surface area contributed by atoms with Gasteiger partial charge in [0.15, 0.2) is 0 Å². The highest BCUT2D eigenvalue weighted by Crippen LogP contribution is 2.22. The molecule has 2 amide bonds. The molecule has 3 aromatic rings. The first-order chi connectivity index (χ1) is 11.0. The highest BCUT2D eigenvalue weighted by atomic mass is 79.9. The largest absolute Gasteiger partial charge is 0.360 e. The van der Waals surface area contributed by atoms with Gasteiger partial charge in [0.25, 0.3) is 5.91 Å². The number of fused-ring (bicyclic) bond motifs is 1. The van der Waals surface area contributed by atoms with Gasteiger partial charge in [-0.15, -0.1) is 11.3 Å². The maximum atomic E-state index is 12.2. The van der Waals surface area contributed by atoms with E-state index in [0.717, 1.165) is 21.1 Å². The Morgan fingerprint density at radius 3 is 2.91 bits per heavy atom. The van der Waals surface area contributed by atoms with Gasteiger partial charge < -0.3 is 4.98 Å². The van der Waals surface area contributed by atoms with Gasteiger partial charge in [-0.2, -0.15) is 0 Å². The number of nitrogens with zero attached hydrogens (tertiary/aromatic N) is 1. The van der Waals surface area contributed by atoms with E-state index in [4.69, 9.17) is 0 Å². The third-order valence-electron chi connectivity index (χ3n) is 3.18. The molecule has 3 rings (SSSR count). The molecule has 2 heterocycles. The minimum absolute atomic E-state index is 0.137. The summed E-state index contributed by atoms with van der Waals surface area (Å²) >= 11 is 4.80. The maximum absolute atomic E-state index is 12.2. The van der Waals surface area contributed by atoms with Gasteiger partial charge >= 0.3 is 0 Å². The number of halogens is 1. The molecule has 0 saturated heterocycles. The Bertz CT molecular complexity index is 887.